The molecule has 0 fully saturated rings. The van der Waals surface area contributed by atoms with E-state index in [9.17, 15) is 43.5 Å². The molecule has 0 aromatic carbocycles. The van der Waals surface area contributed by atoms with Gasteiger partial charge < -0.3 is 34.2 Å². The first-order valence-electron chi connectivity index (χ1n) is 44.8. The summed E-state index contributed by atoms with van der Waals surface area (Å²) in [6.45, 7) is 2.59. The number of aliphatic hydroxyl groups is 2. The van der Waals surface area contributed by atoms with Crippen molar-refractivity contribution in [1.29, 1.82) is 0 Å². The zero-order valence-corrected chi connectivity index (χ0v) is 72.4. The molecule has 0 heterocycles. The smallest absolute Gasteiger partial charge is 0.463 e. The highest BCUT2D eigenvalue weighted by Crippen LogP contribution is 2.45. The molecule has 4 N–H and O–H groups in total. The van der Waals surface area contributed by atoms with Gasteiger partial charge in [-0.25, -0.2) is 9.13 Å². The third-order valence-corrected chi connectivity index (χ3v) is 21.0. The summed E-state index contributed by atoms with van der Waals surface area (Å²) >= 11 is 0. The number of phosphoric acid groups is 2. The van der Waals surface area contributed by atoms with Crippen LogP contribution < -0.4 is 0 Å². The molecule has 0 aliphatic rings. The Bertz CT molecular complexity index is 2500. The Hall–Kier alpha value is -4.05. The summed E-state index contributed by atoms with van der Waals surface area (Å²) in [7, 11) is -9.80. The van der Waals surface area contributed by atoms with Crippen LogP contribution in [0.25, 0.3) is 0 Å². The summed E-state index contributed by atoms with van der Waals surface area (Å²) in [6, 6.07) is 0. The lowest BCUT2D eigenvalue weighted by Crippen LogP contribution is -2.30. The third kappa shape index (κ3) is 86.6. The van der Waals surface area contributed by atoms with Crippen LogP contribution in [0.1, 0.15) is 393 Å². The highest BCUT2D eigenvalue weighted by molar-refractivity contribution is 7.47. The van der Waals surface area contributed by atoms with Gasteiger partial charge in [0.05, 0.1) is 26.4 Å². The minimum atomic E-state index is -4.94. The van der Waals surface area contributed by atoms with Crippen molar-refractivity contribution in [2.24, 2.45) is 0 Å². The van der Waals surface area contributed by atoms with Gasteiger partial charge in [0.15, 0.2) is 6.10 Å². The fourth-order valence-electron chi connectivity index (χ4n) is 12.3. The molecule has 0 aliphatic carbocycles. The molecule has 5 unspecified atom stereocenters. The normalized spacial score (nSPS) is 14.4. The molecule has 111 heavy (non-hydrogen) atoms. The fraction of sp³-hybridized carbons (Fsp3) is 0.753. The first kappa shape index (κ1) is 107. The van der Waals surface area contributed by atoms with Gasteiger partial charge in [0, 0.05) is 19.3 Å². The predicted octanol–water partition coefficient (Wildman–Crippen LogP) is 27.2. The van der Waals surface area contributed by atoms with Crippen LogP contribution in [0.5, 0.6) is 0 Å². The number of aliphatic hydroxyl groups excluding tert-OH is 2. The van der Waals surface area contributed by atoms with E-state index in [0.29, 0.717) is 19.3 Å². The van der Waals surface area contributed by atoms with Gasteiger partial charge in [-0.3, -0.25) is 32.5 Å². The lowest BCUT2D eigenvalue weighted by Gasteiger charge is -2.21. The van der Waals surface area contributed by atoms with Crippen LogP contribution >= 0.6 is 15.6 Å². The first-order valence-corrected chi connectivity index (χ1v) is 47.8. The van der Waals surface area contributed by atoms with Crippen LogP contribution in [0.3, 0.4) is 0 Å². The highest BCUT2D eigenvalue weighted by Gasteiger charge is 2.29. The molecule has 5 atom stereocenters. The monoisotopic (exact) mass is 1600 g/mol. The molecule has 0 aliphatic heterocycles. The van der Waals surface area contributed by atoms with E-state index in [1.54, 1.807) is 0 Å². The first-order chi connectivity index (χ1) is 54.2. The number of rotatable bonds is 85. The van der Waals surface area contributed by atoms with Crippen LogP contribution in [-0.4, -0.2) is 95.9 Å². The number of hydrogen-bond acceptors (Lipinski definition) is 14. The average Bonchev–Trinajstić information content (AvgIpc) is 0.901. The number of allylic oxidation sites excluding steroid dienone is 20. The average molecular weight is 1600 g/mol. The molecule has 0 radical (unpaired) electrons. The Morgan fingerprint density at radius 3 is 0.748 bits per heavy atom. The van der Waals surface area contributed by atoms with Gasteiger partial charge in [-0.05, 0) is 135 Å². The van der Waals surface area contributed by atoms with Crippen molar-refractivity contribution < 1.29 is 75.8 Å². The molecule has 0 saturated carbocycles. The maximum atomic E-state index is 13.0. The maximum absolute atomic E-state index is 13.0. The van der Waals surface area contributed by atoms with Gasteiger partial charge in [-0.15, -0.1) is 0 Å². The van der Waals surface area contributed by atoms with Crippen LogP contribution in [0.15, 0.2) is 122 Å². The molecular weight excluding hydrogens is 1430 g/mol. The summed E-state index contributed by atoms with van der Waals surface area (Å²) in [5.41, 5.74) is 0. The van der Waals surface area contributed by atoms with Crippen LogP contribution in [0.4, 0.5) is 0 Å². The zero-order valence-electron chi connectivity index (χ0n) is 70.6. The molecule has 0 aromatic rings. The lowest BCUT2D eigenvalue weighted by molar-refractivity contribution is -0.161. The number of ether oxygens (including phenoxy) is 3. The van der Waals surface area contributed by atoms with Crippen molar-refractivity contribution in [2.45, 2.75) is 411 Å². The van der Waals surface area contributed by atoms with E-state index in [1.807, 2.05) is 0 Å². The van der Waals surface area contributed by atoms with Crippen LogP contribution in [0.2, 0.25) is 0 Å². The molecular formula is C93H164O16P2. The van der Waals surface area contributed by atoms with E-state index in [0.717, 1.165) is 135 Å². The largest absolute Gasteiger partial charge is 0.472 e. The van der Waals surface area contributed by atoms with Crippen molar-refractivity contribution in [2.75, 3.05) is 39.6 Å². The maximum Gasteiger partial charge on any atom is 0.472 e. The molecule has 0 saturated heterocycles. The van der Waals surface area contributed by atoms with Gasteiger partial charge in [0.25, 0.3) is 0 Å². The fourth-order valence-corrected chi connectivity index (χ4v) is 13.9. The topological polar surface area (TPSA) is 231 Å². The van der Waals surface area contributed by atoms with Crippen molar-refractivity contribution in [3.63, 3.8) is 0 Å². The Morgan fingerprint density at radius 2 is 0.468 bits per heavy atom. The van der Waals surface area contributed by atoms with E-state index in [-0.39, 0.29) is 19.3 Å². The van der Waals surface area contributed by atoms with Gasteiger partial charge in [0.1, 0.15) is 25.4 Å². The predicted molar refractivity (Wildman–Crippen MR) is 463 cm³/mol. The van der Waals surface area contributed by atoms with Gasteiger partial charge >= 0.3 is 33.6 Å². The molecule has 642 valence electrons. The molecule has 0 bridgehead atoms. The molecule has 0 amide bonds. The number of esters is 3. The molecule has 0 spiro atoms. The van der Waals surface area contributed by atoms with E-state index >= 15 is 0 Å². The molecule has 0 aromatic heterocycles. The Labute approximate surface area is 678 Å². The number of phosphoric ester groups is 2. The summed E-state index contributed by atoms with van der Waals surface area (Å²) in [5, 5.41) is 20.7. The third-order valence-electron chi connectivity index (χ3n) is 19.1. The van der Waals surface area contributed by atoms with Gasteiger partial charge in [-0.2, -0.15) is 0 Å². The molecule has 18 heteroatoms. The standard InChI is InChI=1S/C93H164O16P2/c1-4-7-10-13-16-19-22-25-27-29-31-33-35-37-39-41-42-43-44-46-48-49-51-53-55-57-59-62-64-67-70-73-76-79-91(96)103-82-88(94)83-105-110(99,100)106-84-89(95)85-107-111(101,102)108-87-90(109-93(98)81-78-75-72-69-66-61-24-21-18-15-12-9-6-3)86-104-92(97)80-77-74-71-68-65-63-60-58-56-54-52-50-47-45-40-38-36-34-32-30-28-26-23-20-17-14-11-8-5-2/h12,15-17,19-21,24-28,31-34,37-40,88-90,94-95H,4-11,13-14,18,22-23,29-30,35-36,41-87H2,1-3H3,(H,99,100)(H,101,102)/b15-12-,19-16-,20-17-,24-21-,27-25-,28-26-,33-31-,34-32-,39-37-,40-38-. The van der Waals surface area contributed by atoms with E-state index < -0.39 is 91.5 Å². The number of carbonyl (C=O) groups is 3. The number of carbonyl (C=O) groups excluding carboxylic acids is 3. The van der Waals surface area contributed by atoms with Crippen LogP contribution in [0, 0.1) is 0 Å². The Balaban J connectivity index is 4.40. The second-order valence-corrected chi connectivity index (χ2v) is 32.9. The minimum absolute atomic E-state index is 0.0880. The van der Waals surface area contributed by atoms with Crippen molar-refractivity contribution in [3.8, 4) is 0 Å². The molecule has 0 rings (SSSR count). The number of unbranched alkanes of at least 4 members (excludes halogenated alkanes) is 42. The Kier molecular flexibility index (Phi) is 82.2. The SMILES string of the molecule is CCC/C=C\C/C=C\CCCCCCCC(=O)OC(COC(=O)CCCCCCCCCCCCCCC/C=C\C/C=C\C/C=C\C/C=C\CCCCC)COP(=O)(O)OCC(O)COP(=O)(O)OCC(O)COC(=O)CCCCCCCCCCCCCCCCCCC/C=C\C/C=C\C/C=C\C/C=C\CCCCC. The minimum Gasteiger partial charge on any atom is -0.463 e. The quantitative estimate of drug-likeness (QED) is 0.0146. The van der Waals surface area contributed by atoms with Crippen LogP contribution in [-0.2, 0) is 55.8 Å². The number of hydrogen-bond donors (Lipinski definition) is 4. The summed E-state index contributed by atoms with van der Waals surface area (Å²) in [5.74, 6) is -1.58. The summed E-state index contributed by atoms with van der Waals surface area (Å²) < 4.78 is 61.3. The Morgan fingerprint density at radius 1 is 0.252 bits per heavy atom. The van der Waals surface area contributed by atoms with Crippen molar-refractivity contribution in [1.82, 2.24) is 0 Å². The second-order valence-electron chi connectivity index (χ2n) is 30.0. The highest BCUT2D eigenvalue weighted by atomic mass is 31.2. The summed E-state index contributed by atoms with van der Waals surface area (Å²) in [4.78, 5) is 58.8. The van der Waals surface area contributed by atoms with Gasteiger partial charge in [0.2, 0.25) is 0 Å². The van der Waals surface area contributed by atoms with Crippen molar-refractivity contribution in [3.05, 3.63) is 122 Å². The summed E-state index contributed by atoms with van der Waals surface area (Å²) in [6.07, 6.45) is 104. The zero-order chi connectivity index (χ0) is 80.8. The van der Waals surface area contributed by atoms with E-state index in [4.69, 9.17) is 32.3 Å². The molecule has 16 nitrogen and oxygen atoms in total. The second kappa shape index (κ2) is 85.3. The van der Waals surface area contributed by atoms with Gasteiger partial charge in [-0.1, -0.05) is 361 Å². The lowest BCUT2D eigenvalue weighted by atomic mass is 10.0. The van der Waals surface area contributed by atoms with E-state index in [1.165, 1.54) is 199 Å². The van der Waals surface area contributed by atoms with E-state index in [2.05, 4.69) is 142 Å². The van der Waals surface area contributed by atoms with Crippen molar-refractivity contribution >= 4 is 33.6 Å².